The fourth-order valence-corrected chi connectivity index (χ4v) is 3.30. The molecule has 0 saturated heterocycles. The maximum Gasteiger partial charge on any atom is 0.336 e. The van der Waals surface area contributed by atoms with E-state index in [1.54, 1.807) is 25.1 Å². The fraction of sp³-hybridized carbons (Fsp3) is 0.0769. The summed E-state index contributed by atoms with van der Waals surface area (Å²) in [6.45, 7) is 1.61. The number of carbonyl (C=O) groups is 1. The van der Waals surface area contributed by atoms with Crippen LogP contribution in [-0.4, -0.2) is 21.0 Å². The number of hydrogen-bond donors (Lipinski definition) is 1. The highest BCUT2D eigenvalue weighted by molar-refractivity contribution is 9.10. The molecule has 1 aromatic carbocycles. The van der Waals surface area contributed by atoms with Crippen LogP contribution < -0.4 is 0 Å². The molecule has 2 rings (SSSR count). The lowest BCUT2D eigenvalue weighted by Gasteiger charge is -2.07. The SMILES string of the molecule is Cc1ccnc(Sc2cc(Br)ccc2C(=O)O)c1[N+](=O)[O-]. The Hall–Kier alpha value is -1.93. The van der Waals surface area contributed by atoms with Crippen LogP contribution in [-0.2, 0) is 0 Å². The zero-order valence-corrected chi connectivity index (χ0v) is 13.1. The smallest absolute Gasteiger partial charge is 0.336 e. The van der Waals surface area contributed by atoms with Crippen LogP contribution in [0.4, 0.5) is 5.69 Å². The third kappa shape index (κ3) is 3.40. The maximum atomic E-state index is 11.2. The van der Waals surface area contributed by atoms with Crippen LogP contribution >= 0.6 is 27.7 Å². The van der Waals surface area contributed by atoms with Gasteiger partial charge in [0.2, 0.25) is 0 Å². The van der Waals surface area contributed by atoms with Crippen LogP contribution in [0.25, 0.3) is 0 Å². The number of aromatic nitrogens is 1. The number of carboxylic acids is 1. The number of benzene rings is 1. The van der Waals surface area contributed by atoms with Crippen molar-refractivity contribution in [3.63, 3.8) is 0 Å². The first kappa shape index (κ1) is 15.5. The summed E-state index contributed by atoms with van der Waals surface area (Å²) in [5.74, 6) is -1.10. The second kappa shape index (κ2) is 6.23. The average Bonchev–Trinajstić information content (AvgIpc) is 2.37. The molecule has 6 nitrogen and oxygen atoms in total. The fourth-order valence-electron chi connectivity index (χ4n) is 1.68. The topological polar surface area (TPSA) is 93.3 Å². The number of carboxylic acid groups (broad SMARTS) is 1. The number of aryl methyl sites for hydroxylation is 1. The second-order valence-electron chi connectivity index (χ2n) is 4.09. The molecule has 0 aliphatic carbocycles. The van der Waals surface area contributed by atoms with E-state index in [4.69, 9.17) is 0 Å². The molecule has 1 aromatic heterocycles. The molecular formula is C13H9BrN2O4S. The Balaban J connectivity index is 2.53. The normalized spacial score (nSPS) is 10.4. The van der Waals surface area contributed by atoms with Gasteiger partial charge in [0.05, 0.1) is 10.5 Å². The zero-order chi connectivity index (χ0) is 15.6. The Morgan fingerprint density at radius 2 is 2.14 bits per heavy atom. The number of rotatable bonds is 4. The van der Waals surface area contributed by atoms with Gasteiger partial charge in [-0.05, 0) is 31.2 Å². The minimum absolute atomic E-state index is 0.0702. The van der Waals surface area contributed by atoms with E-state index in [0.717, 1.165) is 11.8 Å². The summed E-state index contributed by atoms with van der Waals surface area (Å²) in [7, 11) is 0. The van der Waals surface area contributed by atoms with E-state index in [0.29, 0.717) is 14.9 Å². The van der Waals surface area contributed by atoms with Gasteiger partial charge in [0.15, 0.2) is 5.03 Å². The van der Waals surface area contributed by atoms with Gasteiger partial charge in [-0.15, -0.1) is 0 Å². The first-order valence-corrected chi connectivity index (χ1v) is 7.32. The molecule has 21 heavy (non-hydrogen) atoms. The zero-order valence-electron chi connectivity index (χ0n) is 10.7. The Morgan fingerprint density at radius 1 is 1.43 bits per heavy atom. The molecule has 108 valence electrons. The summed E-state index contributed by atoms with van der Waals surface area (Å²) >= 11 is 4.22. The highest BCUT2D eigenvalue weighted by Gasteiger charge is 2.21. The van der Waals surface area contributed by atoms with Crippen LogP contribution in [0.15, 0.2) is 44.9 Å². The van der Waals surface area contributed by atoms with E-state index in [2.05, 4.69) is 20.9 Å². The van der Waals surface area contributed by atoms with E-state index in [1.807, 2.05) is 0 Å². The summed E-state index contributed by atoms with van der Waals surface area (Å²) < 4.78 is 0.685. The summed E-state index contributed by atoms with van der Waals surface area (Å²) in [5, 5.41) is 20.5. The molecule has 0 bridgehead atoms. The van der Waals surface area contributed by atoms with Crippen molar-refractivity contribution in [2.75, 3.05) is 0 Å². The third-order valence-corrected chi connectivity index (χ3v) is 4.20. The number of halogens is 1. The molecule has 1 heterocycles. The maximum absolute atomic E-state index is 11.2. The molecule has 1 N–H and O–H groups in total. The van der Waals surface area contributed by atoms with Crippen LogP contribution in [0.3, 0.4) is 0 Å². The average molecular weight is 369 g/mol. The van der Waals surface area contributed by atoms with E-state index in [9.17, 15) is 20.0 Å². The van der Waals surface area contributed by atoms with Crippen molar-refractivity contribution in [1.82, 2.24) is 4.98 Å². The molecular weight excluding hydrogens is 360 g/mol. The summed E-state index contributed by atoms with van der Waals surface area (Å²) in [6, 6.07) is 6.19. The molecule has 0 radical (unpaired) electrons. The van der Waals surface area contributed by atoms with Crippen molar-refractivity contribution in [3.05, 3.63) is 56.2 Å². The van der Waals surface area contributed by atoms with Crippen molar-refractivity contribution in [2.45, 2.75) is 16.8 Å². The number of pyridine rings is 1. The second-order valence-corrected chi connectivity index (χ2v) is 6.03. The van der Waals surface area contributed by atoms with Gasteiger partial charge in [-0.3, -0.25) is 10.1 Å². The van der Waals surface area contributed by atoms with Crippen molar-refractivity contribution < 1.29 is 14.8 Å². The van der Waals surface area contributed by atoms with Crippen LogP contribution in [0.1, 0.15) is 15.9 Å². The first-order chi connectivity index (χ1) is 9.90. The first-order valence-electron chi connectivity index (χ1n) is 5.71. The minimum Gasteiger partial charge on any atom is -0.478 e. The molecule has 8 heteroatoms. The van der Waals surface area contributed by atoms with Gasteiger partial charge >= 0.3 is 11.7 Å². The number of hydrogen-bond acceptors (Lipinski definition) is 5. The molecule has 0 atom stereocenters. The molecule has 0 unspecified atom stereocenters. The van der Waals surface area contributed by atoms with E-state index >= 15 is 0 Å². The Bertz CT molecular complexity index is 736. The molecule has 0 fully saturated rings. The predicted molar refractivity (Wildman–Crippen MR) is 80.9 cm³/mol. The lowest BCUT2D eigenvalue weighted by atomic mass is 10.2. The van der Waals surface area contributed by atoms with Crippen LogP contribution in [0, 0.1) is 17.0 Å². The minimum atomic E-state index is -1.10. The number of nitrogens with zero attached hydrogens (tertiary/aromatic N) is 2. The standard InChI is InChI=1S/C13H9BrN2O4S/c1-7-4-5-15-12(11(7)16(19)20)21-10-6-8(14)2-3-9(10)13(17)18/h2-6H,1H3,(H,17,18). The van der Waals surface area contributed by atoms with Gasteiger partial charge in [0, 0.05) is 21.1 Å². The van der Waals surface area contributed by atoms with Gasteiger partial charge in [0.1, 0.15) is 0 Å². The third-order valence-electron chi connectivity index (χ3n) is 2.66. The van der Waals surface area contributed by atoms with Crippen LogP contribution in [0.2, 0.25) is 0 Å². The van der Waals surface area contributed by atoms with Crippen LogP contribution in [0.5, 0.6) is 0 Å². The van der Waals surface area contributed by atoms with Gasteiger partial charge < -0.3 is 5.11 Å². The molecule has 0 saturated carbocycles. The quantitative estimate of drug-likeness (QED) is 0.649. The lowest BCUT2D eigenvalue weighted by molar-refractivity contribution is -0.388. The largest absolute Gasteiger partial charge is 0.478 e. The monoisotopic (exact) mass is 368 g/mol. The van der Waals surface area contributed by atoms with E-state index < -0.39 is 10.9 Å². The Kier molecular flexibility index (Phi) is 4.59. The molecule has 0 spiro atoms. The van der Waals surface area contributed by atoms with Crippen molar-refractivity contribution in [1.29, 1.82) is 0 Å². The van der Waals surface area contributed by atoms with Crippen molar-refractivity contribution in [2.24, 2.45) is 0 Å². The number of nitro groups is 1. The van der Waals surface area contributed by atoms with E-state index in [-0.39, 0.29) is 16.3 Å². The lowest BCUT2D eigenvalue weighted by Crippen LogP contribution is -2.00. The Labute approximate surface area is 132 Å². The molecule has 0 aliphatic heterocycles. The molecule has 2 aromatic rings. The van der Waals surface area contributed by atoms with Gasteiger partial charge in [-0.1, -0.05) is 27.7 Å². The molecule has 0 amide bonds. The summed E-state index contributed by atoms with van der Waals surface area (Å²) in [5.41, 5.74) is 0.434. The van der Waals surface area contributed by atoms with Crippen molar-refractivity contribution in [3.8, 4) is 0 Å². The van der Waals surface area contributed by atoms with Gasteiger partial charge in [-0.2, -0.15) is 0 Å². The summed E-state index contributed by atoms with van der Waals surface area (Å²) in [4.78, 5) is 26.2. The van der Waals surface area contributed by atoms with E-state index in [1.165, 1.54) is 12.3 Å². The van der Waals surface area contributed by atoms with Gasteiger partial charge in [-0.25, -0.2) is 9.78 Å². The summed E-state index contributed by atoms with van der Waals surface area (Å²) in [6.07, 6.45) is 1.46. The van der Waals surface area contributed by atoms with Crippen molar-refractivity contribution >= 4 is 39.3 Å². The molecule has 0 aliphatic rings. The highest BCUT2D eigenvalue weighted by atomic mass is 79.9. The number of aromatic carboxylic acids is 1. The van der Waals surface area contributed by atoms with Gasteiger partial charge in [0.25, 0.3) is 0 Å². The predicted octanol–water partition coefficient (Wildman–Crippen LogP) is 3.91. The highest BCUT2D eigenvalue weighted by Crippen LogP contribution is 2.37. The Morgan fingerprint density at radius 3 is 2.76 bits per heavy atom.